The Balaban J connectivity index is 1.48. The molecule has 0 unspecified atom stereocenters. The molecule has 3 aromatic rings. The molecule has 0 radical (unpaired) electrons. The molecule has 0 aliphatic heterocycles. The molecule has 1 saturated carbocycles. The highest BCUT2D eigenvalue weighted by Gasteiger charge is 2.43. The van der Waals surface area contributed by atoms with E-state index in [0.717, 1.165) is 36.4 Å². The fourth-order valence-electron chi connectivity index (χ4n) is 4.63. The molecular formula is C28H24F9N3O4. The Morgan fingerprint density at radius 3 is 1.86 bits per heavy atom. The lowest BCUT2D eigenvalue weighted by molar-refractivity contribution is -0.206. The maximum absolute atomic E-state index is 13.2. The summed E-state index contributed by atoms with van der Waals surface area (Å²) in [4.78, 5) is 24.3. The van der Waals surface area contributed by atoms with Gasteiger partial charge in [-0.1, -0.05) is 29.4 Å². The van der Waals surface area contributed by atoms with Gasteiger partial charge in [0.2, 0.25) is 0 Å². The number of alkyl halides is 9. The fourth-order valence-corrected chi connectivity index (χ4v) is 4.63. The fraction of sp³-hybridized carbons (Fsp3) is 0.393. The minimum absolute atomic E-state index is 0.0217. The quantitative estimate of drug-likeness (QED) is 0.208. The van der Waals surface area contributed by atoms with Crippen molar-refractivity contribution in [2.45, 2.75) is 69.4 Å². The molecule has 4 rings (SSSR count). The number of hydrogen-bond donors (Lipinski definition) is 2. The Kier molecular flexibility index (Phi) is 9.61. The molecule has 16 heteroatoms. The van der Waals surface area contributed by atoms with Crippen molar-refractivity contribution in [1.29, 1.82) is 0 Å². The van der Waals surface area contributed by atoms with Crippen LogP contribution in [0.4, 0.5) is 39.5 Å². The van der Waals surface area contributed by atoms with Gasteiger partial charge in [0.1, 0.15) is 6.10 Å². The molecule has 2 N–H and O–H groups in total. The zero-order chi connectivity index (χ0) is 32.3. The number of carbonyl (C=O) groups is 2. The van der Waals surface area contributed by atoms with E-state index < -0.39 is 53.7 Å². The summed E-state index contributed by atoms with van der Waals surface area (Å²) in [5, 5.41) is 9.46. The standard InChI is InChI=1S/C28H24F9N3O4/c29-26(30,31)17-5-1-15(2-6-17)13-38-14-21-22(40-44-23(21)16-3-7-18(8-4-16)27(32,33)34)24(41)39-19-9-11-20(12-10-19)43-25(42)28(35,36)37/h1-8,19-20,38H,9-14H2,(H,39,41). The van der Waals surface area contributed by atoms with Crippen LogP contribution in [0.25, 0.3) is 11.3 Å². The van der Waals surface area contributed by atoms with Gasteiger partial charge in [-0.2, -0.15) is 39.5 Å². The van der Waals surface area contributed by atoms with Gasteiger partial charge in [-0.15, -0.1) is 0 Å². The molecule has 238 valence electrons. The number of nitrogens with zero attached hydrogens (tertiary/aromatic N) is 1. The van der Waals surface area contributed by atoms with Crippen LogP contribution in [-0.4, -0.2) is 35.4 Å². The lowest BCUT2D eigenvalue weighted by Gasteiger charge is -2.28. The first-order chi connectivity index (χ1) is 20.5. The van der Waals surface area contributed by atoms with Gasteiger partial charge in [0.25, 0.3) is 5.91 Å². The molecule has 1 aliphatic carbocycles. The highest BCUT2D eigenvalue weighted by Crippen LogP contribution is 2.33. The van der Waals surface area contributed by atoms with Gasteiger partial charge in [-0.05, 0) is 55.5 Å². The molecule has 0 atom stereocenters. The number of ether oxygens (including phenoxy) is 1. The molecular weight excluding hydrogens is 613 g/mol. The second-order valence-corrected chi connectivity index (χ2v) is 10.1. The smallest absolute Gasteiger partial charge is 0.456 e. The molecule has 7 nitrogen and oxygen atoms in total. The van der Waals surface area contributed by atoms with Crippen LogP contribution in [0.1, 0.15) is 58.4 Å². The van der Waals surface area contributed by atoms with Crippen LogP contribution in [0, 0.1) is 0 Å². The van der Waals surface area contributed by atoms with E-state index in [1.165, 1.54) is 12.1 Å². The molecule has 1 amide bonds. The third-order valence-electron chi connectivity index (χ3n) is 6.90. The maximum atomic E-state index is 13.2. The van der Waals surface area contributed by atoms with Crippen molar-refractivity contribution in [2.75, 3.05) is 0 Å². The number of nitrogens with one attached hydrogen (secondary N) is 2. The summed E-state index contributed by atoms with van der Waals surface area (Å²) in [5.41, 5.74) is -1.18. The van der Waals surface area contributed by atoms with E-state index in [9.17, 15) is 49.1 Å². The predicted molar refractivity (Wildman–Crippen MR) is 135 cm³/mol. The molecule has 1 fully saturated rings. The highest BCUT2D eigenvalue weighted by molar-refractivity contribution is 5.95. The van der Waals surface area contributed by atoms with Crippen LogP contribution in [0.3, 0.4) is 0 Å². The molecule has 44 heavy (non-hydrogen) atoms. The third-order valence-corrected chi connectivity index (χ3v) is 6.90. The second kappa shape index (κ2) is 12.9. The Hall–Kier alpha value is -4.08. The molecule has 1 aliphatic rings. The van der Waals surface area contributed by atoms with Gasteiger partial charge in [0, 0.05) is 30.3 Å². The van der Waals surface area contributed by atoms with Crippen molar-refractivity contribution >= 4 is 11.9 Å². The summed E-state index contributed by atoms with van der Waals surface area (Å²) in [5.74, 6) is -3.04. The largest absolute Gasteiger partial charge is 0.490 e. The summed E-state index contributed by atoms with van der Waals surface area (Å²) in [6, 6.07) is 7.72. The molecule has 0 bridgehead atoms. The van der Waals surface area contributed by atoms with Gasteiger partial charge < -0.3 is 19.9 Å². The van der Waals surface area contributed by atoms with Crippen molar-refractivity contribution in [3.63, 3.8) is 0 Å². The number of rotatable bonds is 8. The van der Waals surface area contributed by atoms with Crippen LogP contribution >= 0.6 is 0 Å². The summed E-state index contributed by atoms with van der Waals surface area (Å²) in [7, 11) is 0. The first kappa shape index (κ1) is 32.8. The van der Waals surface area contributed by atoms with Crippen molar-refractivity contribution in [3.05, 3.63) is 76.5 Å². The topological polar surface area (TPSA) is 93.5 Å². The Morgan fingerprint density at radius 1 is 0.795 bits per heavy atom. The lowest BCUT2D eigenvalue weighted by atomic mass is 9.92. The van der Waals surface area contributed by atoms with Crippen LogP contribution in [0.5, 0.6) is 0 Å². The van der Waals surface area contributed by atoms with E-state index in [-0.39, 0.29) is 61.4 Å². The van der Waals surface area contributed by atoms with Crippen LogP contribution < -0.4 is 10.6 Å². The van der Waals surface area contributed by atoms with Crippen molar-refractivity contribution < 1.29 is 58.4 Å². The summed E-state index contributed by atoms with van der Waals surface area (Å²) in [6.07, 6.45) is -14.7. The van der Waals surface area contributed by atoms with Crippen LogP contribution in [-0.2, 0) is 35.0 Å². The number of halogens is 9. The number of esters is 1. The van der Waals surface area contributed by atoms with Gasteiger partial charge in [0.15, 0.2) is 11.5 Å². The second-order valence-electron chi connectivity index (χ2n) is 10.1. The van der Waals surface area contributed by atoms with E-state index in [1.807, 2.05) is 0 Å². The zero-order valence-corrected chi connectivity index (χ0v) is 22.5. The Morgan fingerprint density at radius 2 is 1.34 bits per heavy atom. The molecule has 1 heterocycles. The van der Waals surface area contributed by atoms with Crippen LogP contribution in [0.15, 0.2) is 53.1 Å². The molecule has 2 aromatic carbocycles. The van der Waals surface area contributed by atoms with E-state index in [0.29, 0.717) is 5.56 Å². The molecule has 0 spiro atoms. The summed E-state index contributed by atoms with van der Waals surface area (Å²) in [6.45, 7) is -0.0682. The van der Waals surface area contributed by atoms with E-state index in [2.05, 4.69) is 20.5 Å². The molecule has 0 saturated heterocycles. The number of benzene rings is 2. The summed E-state index contributed by atoms with van der Waals surface area (Å²) < 4.78 is 125. The monoisotopic (exact) mass is 637 g/mol. The van der Waals surface area contributed by atoms with Gasteiger partial charge in [-0.3, -0.25) is 4.79 Å². The number of carbonyl (C=O) groups excluding carboxylic acids is 2. The number of aromatic nitrogens is 1. The minimum Gasteiger partial charge on any atom is -0.456 e. The Bertz CT molecular complexity index is 1440. The SMILES string of the molecule is O=C(NC1CCC(OC(=O)C(F)(F)F)CC1)c1noc(-c2ccc(C(F)(F)F)cc2)c1CNCc1ccc(C(F)(F)F)cc1. The third kappa shape index (κ3) is 8.30. The van der Waals surface area contributed by atoms with Crippen LogP contribution in [0.2, 0.25) is 0 Å². The van der Waals surface area contributed by atoms with Crippen molar-refractivity contribution in [3.8, 4) is 11.3 Å². The van der Waals surface area contributed by atoms with Gasteiger partial charge in [-0.25, -0.2) is 4.79 Å². The van der Waals surface area contributed by atoms with Gasteiger partial charge in [0.05, 0.1) is 11.1 Å². The van der Waals surface area contributed by atoms with E-state index >= 15 is 0 Å². The maximum Gasteiger partial charge on any atom is 0.490 e. The van der Waals surface area contributed by atoms with Gasteiger partial charge >= 0.3 is 24.5 Å². The lowest BCUT2D eigenvalue weighted by Crippen LogP contribution is -2.41. The Labute approximate surface area is 243 Å². The van der Waals surface area contributed by atoms with Crippen molar-refractivity contribution in [1.82, 2.24) is 15.8 Å². The molecule has 1 aromatic heterocycles. The first-order valence-electron chi connectivity index (χ1n) is 13.1. The first-order valence-corrected chi connectivity index (χ1v) is 13.1. The zero-order valence-electron chi connectivity index (χ0n) is 22.5. The van der Waals surface area contributed by atoms with E-state index in [1.54, 1.807) is 0 Å². The average molecular weight is 637 g/mol. The minimum atomic E-state index is -5.13. The summed E-state index contributed by atoms with van der Waals surface area (Å²) >= 11 is 0. The van der Waals surface area contributed by atoms with Crippen molar-refractivity contribution in [2.24, 2.45) is 0 Å². The normalized spacial score (nSPS) is 17.8. The van der Waals surface area contributed by atoms with E-state index in [4.69, 9.17) is 4.52 Å². The number of amides is 1. The number of hydrogen-bond acceptors (Lipinski definition) is 6. The average Bonchev–Trinajstić information content (AvgIpc) is 3.37. The highest BCUT2D eigenvalue weighted by atomic mass is 19.4. The predicted octanol–water partition coefficient (Wildman–Crippen LogP) is 6.82.